The Labute approximate surface area is 145 Å². The van der Waals surface area contributed by atoms with E-state index in [9.17, 15) is 5.11 Å². The third-order valence-corrected chi connectivity index (χ3v) is 4.20. The molecule has 0 amide bonds. The first-order valence-electron chi connectivity index (χ1n) is 6.30. The van der Waals surface area contributed by atoms with Crippen molar-refractivity contribution in [3.8, 4) is 5.75 Å². The lowest BCUT2D eigenvalue weighted by atomic mass is 10.2. The predicted molar refractivity (Wildman–Crippen MR) is 93.8 cm³/mol. The Morgan fingerprint density at radius 2 is 2.05 bits per heavy atom. The minimum absolute atomic E-state index is 0.0590. The van der Waals surface area contributed by atoms with E-state index in [1.165, 1.54) is 12.3 Å². The Balaban J connectivity index is 2.05. The summed E-state index contributed by atoms with van der Waals surface area (Å²) in [5.41, 5.74) is 2.23. The number of benzene rings is 2. The van der Waals surface area contributed by atoms with E-state index >= 15 is 0 Å². The van der Waals surface area contributed by atoms with Gasteiger partial charge < -0.3 is 9.67 Å². The van der Waals surface area contributed by atoms with E-state index in [0.29, 0.717) is 16.5 Å². The van der Waals surface area contributed by atoms with Crippen LogP contribution in [0, 0.1) is 0 Å². The molecule has 0 aliphatic carbocycles. The zero-order chi connectivity index (χ0) is 15.9. The largest absolute Gasteiger partial charge is 0.506 e. The number of aromatic nitrogens is 2. The minimum Gasteiger partial charge on any atom is -0.506 e. The van der Waals surface area contributed by atoms with Crippen LogP contribution < -0.4 is 0 Å². The standard InChI is InChI=1S/C15H10BrCl2N3O/c1-21-13-5-9(16)2-3-12(13)20-15(21)19-7-8-4-10(17)6-11(18)14(8)22/h2-7,22H,1H3/b19-7+. The maximum Gasteiger partial charge on any atom is 0.230 e. The highest BCUT2D eigenvalue weighted by molar-refractivity contribution is 9.10. The highest BCUT2D eigenvalue weighted by Gasteiger charge is 2.09. The summed E-state index contributed by atoms with van der Waals surface area (Å²) >= 11 is 15.3. The SMILES string of the molecule is Cn1c(/N=C/c2cc(Cl)cc(Cl)c2O)nc2ccc(Br)cc21. The third kappa shape index (κ3) is 2.84. The lowest BCUT2D eigenvalue weighted by Crippen LogP contribution is -1.89. The van der Waals surface area contributed by atoms with Crippen molar-refractivity contribution >= 4 is 62.3 Å². The molecular weight excluding hydrogens is 389 g/mol. The van der Waals surface area contributed by atoms with Crippen LogP contribution in [0.2, 0.25) is 10.0 Å². The van der Waals surface area contributed by atoms with Crippen molar-refractivity contribution in [1.82, 2.24) is 9.55 Å². The van der Waals surface area contributed by atoms with Gasteiger partial charge >= 0.3 is 0 Å². The number of imidazole rings is 1. The molecule has 4 nitrogen and oxygen atoms in total. The van der Waals surface area contributed by atoms with Gasteiger partial charge in [-0.25, -0.2) is 9.98 Å². The lowest BCUT2D eigenvalue weighted by Gasteiger charge is -2.02. The quantitative estimate of drug-likeness (QED) is 0.610. The van der Waals surface area contributed by atoms with Crippen molar-refractivity contribution in [1.29, 1.82) is 0 Å². The van der Waals surface area contributed by atoms with Crippen LogP contribution in [0.1, 0.15) is 5.56 Å². The van der Waals surface area contributed by atoms with Crippen LogP contribution in [0.25, 0.3) is 11.0 Å². The number of hydrogen-bond donors (Lipinski definition) is 1. The molecule has 1 aromatic heterocycles. The fourth-order valence-corrected chi connectivity index (χ4v) is 2.94. The van der Waals surface area contributed by atoms with E-state index in [1.807, 2.05) is 29.8 Å². The molecule has 3 rings (SSSR count). The van der Waals surface area contributed by atoms with Gasteiger partial charge in [0.05, 0.1) is 16.1 Å². The fourth-order valence-electron chi connectivity index (χ4n) is 2.08. The Morgan fingerprint density at radius 1 is 1.27 bits per heavy atom. The van der Waals surface area contributed by atoms with E-state index in [4.69, 9.17) is 23.2 Å². The predicted octanol–water partition coefficient (Wildman–Crippen LogP) is 5.10. The molecule has 0 saturated heterocycles. The maximum atomic E-state index is 9.93. The normalized spacial score (nSPS) is 11.6. The number of halogens is 3. The van der Waals surface area contributed by atoms with Gasteiger partial charge in [-0.1, -0.05) is 39.1 Å². The molecule has 7 heteroatoms. The first-order valence-corrected chi connectivity index (χ1v) is 7.84. The molecule has 0 aliphatic heterocycles. The highest BCUT2D eigenvalue weighted by Crippen LogP contribution is 2.30. The molecular formula is C15H10BrCl2N3O. The minimum atomic E-state index is -0.0590. The maximum absolute atomic E-state index is 9.93. The van der Waals surface area contributed by atoms with E-state index < -0.39 is 0 Å². The molecule has 0 aliphatic rings. The molecule has 0 atom stereocenters. The van der Waals surface area contributed by atoms with E-state index in [-0.39, 0.29) is 10.8 Å². The molecule has 0 saturated carbocycles. The van der Waals surface area contributed by atoms with Crippen LogP contribution in [0.4, 0.5) is 5.95 Å². The summed E-state index contributed by atoms with van der Waals surface area (Å²) in [6, 6.07) is 8.86. The molecule has 0 radical (unpaired) electrons. The van der Waals surface area contributed by atoms with Crippen molar-refractivity contribution in [2.45, 2.75) is 0 Å². The average Bonchev–Trinajstić information content (AvgIpc) is 2.78. The van der Waals surface area contributed by atoms with Gasteiger partial charge in [-0.05, 0) is 30.3 Å². The number of phenols is 1. The van der Waals surface area contributed by atoms with Crippen LogP contribution in [0.5, 0.6) is 5.75 Å². The third-order valence-electron chi connectivity index (χ3n) is 3.20. The molecule has 2 aromatic carbocycles. The molecule has 112 valence electrons. The van der Waals surface area contributed by atoms with Gasteiger partial charge in [-0.15, -0.1) is 0 Å². The lowest BCUT2D eigenvalue weighted by molar-refractivity contribution is 0.475. The number of rotatable bonds is 2. The molecule has 0 bridgehead atoms. The summed E-state index contributed by atoms with van der Waals surface area (Å²) < 4.78 is 2.83. The van der Waals surface area contributed by atoms with Gasteiger partial charge in [0.1, 0.15) is 5.75 Å². The molecule has 1 heterocycles. The number of hydrogen-bond acceptors (Lipinski definition) is 3. The number of nitrogens with zero attached hydrogens (tertiary/aromatic N) is 3. The smallest absolute Gasteiger partial charge is 0.230 e. The van der Waals surface area contributed by atoms with E-state index in [1.54, 1.807) is 6.07 Å². The average molecular weight is 399 g/mol. The summed E-state index contributed by atoms with van der Waals surface area (Å²) in [6.45, 7) is 0. The van der Waals surface area contributed by atoms with Gasteiger partial charge in [0.2, 0.25) is 5.95 Å². The van der Waals surface area contributed by atoms with E-state index in [0.717, 1.165) is 15.5 Å². The monoisotopic (exact) mass is 397 g/mol. The van der Waals surface area contributed by atoms with Gasteiger partial charge in [-0.2, -0.15) is 0 Å². The Hall–Kier alpha value is -1.56. The van der Waals surface area contributed by atoms with Crippen molar-refractivity contribution in [2.75, 3.05) is 0 Å². The van der Waals surface area contributed by atoms with Gasteiger partial charge in [0.25, 0.3) is 0 Å². The summed E-state index contributed by atoms with van der Waals surface area (Å²) in [6.07, 6.45) is 1.49. The zero-order valence-electron chi connectivity index (χ0n) is 11.4. The van der Waals surface area contributed by atoms with Gasteiger partial charge in [-0.3, -0.25) is 0 Å². The number of phenolic OH excluding ortho intramolecular Hbond substituents is 1. The molecule has 22 heavy (non-hydrogen) atoms. The number of aromatic hydroxyl groups is 1. The highest BCUT2D eigenvalue weighted by atomic mass is 79.9. The summed E-state index contributed by atoms with van der Waals surface area (Å²) in [5.74, 6) is 0.458. The van der Waals surface area contributed by atoms with Crippen molar-refractivity contribution in [3.05, 3.63) is 50.4 Å². The molecule has 0 fully saturated rings. The van der Waals surface area contributed by atoms with Crippen molar-refractivity contribution in [2.24, 2.45) is 12.0 Å². The second-order valence-electron chi connectivity index (χ2n) is 4.69. The molecule has 1 N–H and O–H groups in total. The van der Waals surface area contributed by atoms with Gasteiger partial charge in [0.15, 0.2) is 0 Å². The van der Waals surface area contributed by atoms with Crippen molar-refractivity contribution in [3.63, 3.8) is 0 Å². The number of aryl methyl sites for hydroxylation is 1. The van der Waals surface area contributed by atoms with E-state index in [2.05, 4.69) is 25.9 Å². The first kappa shape index (κ1) is 15.3. The molecule has 0 unspecified atom stereocenters. The van der Waals surface area contributed by atoms with Crippen LogP contribution in [-0.2, 0) is 7.05 Å². The van der Waals surface area contributed by atoms with Crippen LogP contribution in [-0.4, -0.2) is 20.9 Å². The van der Waals surface area contributed by atoms with Crippen LogP contribution in [0.15, 0.2) is 39.8 Å². The Bertz CT molecular complexity index is 905. The second kappa shape index (κ2) is 5.91. The number of aliphatic imine (C=N–C) groups is 1. The number of fused-ring (bicyclic) bond motifs is 1. The fraction of sp³-hybridized carbons (Fsp3) is 0.0667. The molecule has 0 spiro atoms. The van der Waals surface area contributed by atoms with Crippen LogP contribution >= 0.6 is 39.1 Å². The second-order valence-corrected chi connectivity index (χ2v) is 6.45. The zero-order valence-corrected chi connectivity index (χ0v) is 14.5. The topological polar surface area (TPSA) is 50.4 Å². The van der Waals surface area contributed by atoms with Crippen LogP contribution in [0.3, 0.4) is 0 Å². The molecule has 3 aromatic rings. The first-order chi connectivity index (χ1) is 10.5. The van der Waals surface area contributed by atoms with Crippen molar-refractivity contribution < 1.29 is 5.11 Å². The Morgan fingerprint density at radius 3 is 2.82 bits per heavy atom. The summed E-state index contributed by atoms with van der Waals surface area (Å²) in [7, 11) is 1.87. The summed E-state index contributed by atoms with van der Waals surface area (Å²) in [4.78, 5) is 8.76. The summed E-state index contributed by atoms with van der Waals surface area (Å²) in [5, 5.41) is 10.5. The van der Waals surface area contributed by atoms with Gasteiger partial charge in [0, 0.05) is 28.3 Å². The Kier molecular flexibility index (Phi) is 4.12.